The van der Waals surface area contributed by atoms with E-state index in [4.69, 9.17) is 0 Å². The van der Waals surface area contributed by atoms with Gasteiger partial charge in [0.25, 0.3) is 0 Å². The average molecular weight is 354 g/mol. The minimum absolute atomic E-state index is 0.791. The van der Waals surface area contributed by atoms with Gasteiger partial charge in [0.2, 0.25) is 0 Å². The highest BCUT2D eigenvalue weighted by Crippen LogP contribution is 2.28. The van der Waals surface area contributed by atoms with Crippen LogP contribution < -0.4 is 5.32 Å². The Labute approximate surface area is 115 Å². The Balaban J connectivity index is 1.98. The molecule has 4 nitrogen and oxygen atoms in total. The van der Waals surface area contributed by atoms with Crippen LogP contribution in [0.25, 0.3) is 10.2 Å². The van der Waals surface area contributed by atoms with Gasteiger partial charge in [-0.2, -0.15) is 0 Å². The molecule has 3 rings (SSSR count). The van der Waals surface area contributed by atoms with Gasteiger partial charge in [0.15, 0.2) is 5.13 Å². The fourth-order valence-electron chi connectivity index (χ4n) is 1.43. The number of rotatable bonds is 2. The van der Waals surface area contributed by atoms with Crippen LogP contribution in [0, 0.1) is 3.57 Å². The third kappa shape index (κ3) is 2.22. The number of thiazole rings is 1. The van der Waals surface area contributed by atoms with Crippen molar-refractivity contribution in [3.8, 4) is 0 Å². The maximum atomic E-state index is 4.49. The Kier molecular flexibility index (Phi) is 2.89. The van der Waals surface area contributed by atoms with E-state index in [1.807, 2.05) is 18.2 Å². The molecule has 3 aromatic rings. The summed E-state index contributed by atoms with van der Waals surface area (Å²) in [6.07, 6.45) is 3.29. The third-order valence-electron chi connectivity index (χ3n) is 2.19. The van der Waals surface area contributed by atoms with Crippen LogP contribution in [0.2, 0.25) is 0 Å². The summed E-state index contributed by atoms with van der Waals surface area (Å²) in [4.78, 5) is 12.6. The summed E-state index contributed by atoms with van der Waals surface area (Å²) in [5, 5.41) is 4.06. The van der Waals surface area contributed by atoms with Crippen molar-refractivity contribution in [1.82, 2.24) is 15.0 Å². The standard InChI is InChI=1S/C11H7IN4S/c12-7-5-13-6-14-10(7)16-11-15-8-3-1-2-4-9(8)17-11/h1-6H,(H,13,14,15,16). The highest BCUT2D eigenvalue weighted by atomic mass is 127. The second-order valence-corrected chi connectivity index (χ2v) is 5.52. The number of benzene rings is 1. The molecule has 0 atom stereocenters. The van der Waals surface area contributed by atoms with Crippen molar-refractivity contribution in [2.24, 2.45) is 0 Å². The normalized spacial score (nSPS) is 10.6. The van der Waals surface area contributed by atoms with Crippen LogP contribution in [0.5, 0.6) is 0 Å². The molecule has 0 amide bonds. The second kappa shape index (κ2) is 4.53. The van der Waals surface area contributed by atoms with Gasteiger partial charge in [-0.15, -0.1) is 0 Å². The molecule has 0 saturated carbocycles. The van der Waals surface area contributed by atoms with Crippen molar-refractivity contribution in [2.45, 2.75) is 0 Å². The Morgan fingerprint density at radius 1 is 1.24 bits per heavy atom. The maximum absolute atomic E-state index is 4.49. The SMILES string of the molecule is Ic1cncnc1Nc1nc2ccccc2s1. The lowest BCUT2D eigenvalue weighted by Gasteiger charge is -2.01. The van der Waals surface area contributed by atoms with Crippen molar-refractivity contribution >= 4 is 55.1 Å². The first-order valence-corrected chi connectivity index (χ1v) is 6.80. The summed E-state index contributed by atoms with van der Waals surface area (Å²) in [5.41, 5.74) is 1.00. The molecule has 0 unspecified atom stereocenters. The van der Waals surface area contributed by atoms with Crippen molar-refractivity contribution in [3.05, 3.63) is 40.4 Å². The largest absolute Gasteiger partial charge is 0.315 e. The van der Waals surface area contributed by atoms with Gasteiger partial charge in [-0.3, -0.25) is 0 Å². The van der Waals surface area contributed by atoms with Crippen LogP contribution in [0.4, 0.5) is 10.9 Å². The summed E-state index contributed by atoms with van der Waals surface area (Å²) in [7, 11) is 0. The molecule has 2 heterocycles. The van der Waals surface area contributed by atoms with Gasteiger partial charge in [-0.25, -0.2) is 15.0 Å². The lowest BCUT2D eigenvalue weighted by Crippen LogP contribution is -1.95. The van der Waals surface area contributed by atoms with E-state index in [9.17, 15) is 0 Å². The third-order valence-corrected chi connectivity index (χ3v) is 3.93. The summed E-state index contributed by atoms with van der Waals surface area (Å²) in [5.74, 6) is 0.791. The zero-order valence-electron chi connectivity index (χ0n) is 8.59. The van der Waals surface area contributed by atoms with E-state index in [2.05, 4.69) is 48.9 Å². The molecular weight excluding hydrogens is 347 g/mol. The minimum Gasteiger partial charge on any atom is -0.315 e. The summed E-state index contributed by atoms with van der Waals surface area (Å²) in [6, 6.07) is 8.06. The monoisotopic (exact) mass is 354 g/mol. The minimum atomic E-state index is 0.791. The van der Waals surface area contributed by atoms with Gasteiger partial charge in [-0.05, 0) is 34.7 Å². The first-order chi connectivity index (χ1) is 8.33. The van der Waals surface area contributed by atoms with Crippen LogP contribution in [0.3, 0.4) is 0 Å². The number of aromatic nitrogens is 3. The predicted octanol–water partition coefficient (Wildman–Crippen LogP) is 3.43. The van der Waals surface area contributed by atoms with Crippen LogP contribution in [-0.4, -0.2) is 15.0 Å². The first kappa shape index (κ1) is 10.8. The highest BCUT2D eigenvalue weighted by molar-refractivity contribution is 14.1. The van der Waals surface area contributed by atoms with E-state index in [-0.39, 0.29) is 0 Å². The lowest BCUT2D eigenvalue weighted by atomic mass is 10.3. The number of hydrogen-bond acceptors (Lipinski definition) is 5. The fraction of sp³-hybridized carbons (Fsp3) is 0. The summed E-state index contributed by atoms with van der Waals surface area (Å²) < 4.78 is 2.14. The molecule has 17 heavy (non-hydrogen) atoms. The molecule has 6 heteroatoms. The molecule has 0 saturated heterocycles. The second-order valence-electron chi connectivity index (χ2n) is 3.33. The number of hydrogen-bond donors (Lipinski definition) is 1. The molecule has 0 aliphatic carbocycles. The van der Waals surface area contributed by atoms with Crippen molar-refractivity contribution in [3.63, 3.8) is 0 Å². The smallest absolute Gasteiger partial charge is 0.189 e. The number of anilines is 2. The maximum Gasteiger partial charge on any atom is 0.189 e. The lowest BCUT2D eigenvalue weighted by molar-refractivity contribution is 1.15. The topological polar surface area (TPSA) is 50.7 Å². The van der Waals surface area contributed by atoms with E-state index < -0.39 is 0 Å². The number of nitrogens with zero attached hydrogens (tertiary/aromatic N) is 3. The Morgan fingerprint density at radius 3 is 2.94 bits per heavy atom. The molecule has 0 spiro atoms. The molecule has 0 bridgehead atoms. The number of para-hydroxylation sites is 1. The zero-order valence-corrected chi connectivity index (χ0v) is 11.6. The van der Waals surface area contributed by atoms with Crippen LogP contribution in [-0.2, 0) is 0 Å². The van der Waals surface area contributed by atoms with Crippen molar-refractivity contribution < 1.29 is 0 Å². The molecule has 84 valence electrons. The van der Waals surface area contributed by atoms with E-state index in [0.29, 0.717) is 0 Å². The number of nitrogens with one attached hydrogen (secondary N) is 1. The number of fused-ring (bicyclic) bond motifs is 1. The quantitative estimate of drug-likeness (QED) is 0.717. The van der Waals surface area contributed by atoms with Gasteiger partial charge in [-0.1, -0.05) is 23.5 Å². The molecule has 0 aliphatic heterocycles. The Bertz CT molecular complexity index is 634. The Hall–Kier alpha value is -1.28. The summed E-state index contributed by atoms with van der Waals surface area (Å²) in [6.45, 7) is 0. The van der Waals surface area contributed by atoms with E-state index in [0.717, 1.165) is 20.0 Å². The van der Waals surface area contributed by atoms with Gasteiger partial charge < -0.3 is 5.32 Å². The van der Waals surface area contributed by atoms with Crippen LogP contribution in [0.1, 0.15) is 0 Å². The van der Waals surface area contributed by atoms with E-state index >= 15 is 0 Å². The van der Waals surface area contributed by atoms with Crippen LogP contribution in [0.15, 0.2) is 36.8 Å². The Morgan fingerprint density at radius 2 is 2.12 bits per heavy atom. The highest BCUT2D eigenvalue weighted by Gasteiger charge is 2.06. The fourth-order valence-corrected chi connectivity index (χ4v) is 2.73. The van der Waals surface area contributed by atoms with Crippen molar-refractivity contribution in [1.29, 1.82) is 0 Å². The van der Waals surface area contributed by atoms with Crippen molar-refractivity contribution in [2.75, 3.05) is 5.32 Å². The molecule has 0 aliphatic rings. The van der Waals surface area contributed by atoms with Gasteiger partial charge in [0.05, 0.1) is 13.8 Å². The molecular formula is C11H7IN4S. The summed E-state index contributed by atoms with van der Waals surface area (Å²) >= 11 is 3.81. The molecule has 2 aromatic heterocycles. The molecule has 1 N–H and O–H groups in total. The zero-order chi connectivity index (χ0) is 11.7. The van der Waals surface area contributed by atoms with E-state index in [1.165, 1.54) is 11.0 Å². The molecule has 0 radical (unpaired) electrons. The molecule has 1 aromatic carbocycles. The van der Waals surface area contributed by atoms with Gasteiger partial charge in [0, 0.05) is 6.20 Å². The first-order valence-electron chi connectivity index (χ1n) is 4.91. The predicted molar refractivity (Wildman–Crippen MR) is 77.7 cm³/mol. The molecule has 0 fully saturated rings. The van der Waals surface area contributed by atoms with Gasteiger partial charge in [0.1, 0.15) is 12.1 Å². The van der Waals surface area contributed by atoms with Gasteiger partial charge >= 0.3 is 0 Å². The number of halogens is 1. The van der Waals surface area contributed by atoms with E-state index in [1.54, 1.807) is 17.5 Å². The van der Waals surface area contributed by atoms with Crippen LogP contribution >= 0.6 is 33.9 Å². The average Bonchev–Trinajstić information content (AvgIpc) is 2.74.